The summed E-state index contributed by atoms with van der Waals surface area (Å²) in [5, 5.41) is 22.7. The normalized spacial score (nSPS) is 13.8. The van der Waals surface area contributed by atoms with Crippen molar-refractivity contribution in [3.05, 3.63) is 39.2 Å². The maximum absolute atomic E-state index is 12.2. The van der Waals surface area contributed by atoms with Gasteiger partial charge < -0.3 is 9.88 Å². The third kappa shape index (κ3) is 4.16. The summed E-state index contributed by atoms with van der Waals surface area (Å²) in [6.45, 7) is 4.14. The van der Waals surface area contributed by atoms with E-state index in [1.54, 1.807) is 0 Å². The predicted octanol–water partition coefficient (Wildman–Crippen LogP) is 4.03. The number of nitro groups is 1. The molecule has 8 nitrogen and oxygen atoms in total. The van der Waals surface area contributed by atoms with Crippen molar-refractivity contribution in [3.63, 3.8) is 0 Å². The lowest BCUT2D eigenvalue weighted by Crippen LogP contribution is -2.15. The minimum atomic E-state index is -0.537. The SMILES string of the molecule is CC(C)c1nnc(SCC(=O)Nc2ccc([N+](=O)[O-])cc2Cl)n1C1CC1. The second-order valence-electron chi connectivity index (χ2n) is 6.35. The van der Waals surface area contributed by atoms with Gasteiger partial charge in [0.05, 0.1) is 21.4 Å². The smallest absolute Gasteiger partial charge is 0.271 e. The van der Waals surface area contributed by atoms with Crippen molar-refractivity contribution in [2.24, 2.45) is 0 Å². The van der Waals surface area contributed by atoms with E-state index in [1.165, 1.54) is 30.0 Å². The van der Waals surface area contributed by atoms with Crippen LogP contribution in [0.4, 0.5) is 11.4 Å². The molecule has 1 aliphatic rings. The molecule has 0 atom stereocenters. The Hall–Kier alpha value is -2.13. The minimum Gasteiger partial charge on any atom is -0.324 e. The molecule has 1 aromatic heterocycles. The fourth-order valence-corrected chi connectivity index (χ4v) is 3.53. The number of hydrogen-bond donors (Lipinski definition) is 1. The molecule has 0 unspecified atom stereocenters. The summed E-state index contributed by atoms with van der Waals surface area (Å²) in [5.74, 6) is 1.09. The van der Waals surface area contributed by atoms with Crippen LogP contribution in [-0.2, 0) is 4.79 Å². The van der Waals surface area contributed by atoms with Crippen molar-refractivity contribution in [2.75, 3.05) is 11.1 Å². The third-order valence-corrected chi connectivity index (χ3v) is 5.15. The molecule has 1 fully saturated rings. The first-order valence-corrected chi connectivity index (χ1v) is 9.54. The van der Waals surface area contributed by atoms with Crippen LogP contribution in [0.5, 0.6) is 0 Å². The van der Waals surface area contributed by atoms with Gasteiger partial charge in [-0.2, -0.15) is 0 Å². The van der Waals surface area contributed by atoms with E-state index >= 15 is 0 Å². The Morgan fingerprint density at radius 2 is 2.19 bits per heavy atom. The summed E-state index contributed by atoms with van der Waals surface area (Å²) < 4.78 is 2.13. The first-order chi connectivity index (χ1) is 12.4. The number of nitrogens with one attached hydrogen (secondary N) is 1. The van der Waals surface area contributed by atoms with Crippen LogP contribution in [-0.4, -0.2) is 31.3 Å². The fraction of sp³-hybridized carbons (Fsp3) is 0.438. The standard InChI is InChI=1S/C16H18ClN5O3S/c1-9(2)15-19-20-16(21(15)10-3-4-10)26-8-14(23)18-13-6-5-11(22(24)25)7-12(13)17/h5-7,9-10H,3-4,8H2,1-2H3,(H,18,23). The van der Waals surface area contributed by atoms with Gasteiger partial charge in [-0.3, -0.25) is 14.9 Å². The van der Waals surface area contributed by atoms with Gasteiger partial charge in [0, 0.05) is 24.1 Å². The lowest BCUT2D eigenvalue weighted by Gasteiger charge is -2.11. The summed E-state index contributed by atoms with van der Waals surface area (Å²) >= 11 is 7.32. The number of non-ortho nitro benzene ring substituents is 1. The second kappa shape index (κ2) is 7.63. The van der Waals surface area contributed by atoms with Gasteiger partial charge in [-0.15, -0.1) is 10.2 Å². The van der Waals surface area contributed by atoms with Gasteiger partial charge in [0.2, 0.25) is 5.91 Å². The number of rotatable bonds is 7. The highest BCUT2D eigenvalue weighted by molar-refractivity contribution is 7.99. The van der Waals surface area contributed by atoms with Crippen LogP contribution in [0.3, 0.4) is 0 Å². The second-order valence-corrected chi connectivity index (χ2v) is 7.70. The first kappa shape index (κ1) is 18.7. The number of hydrogen-bond acceptors (Lipinski definition) is 6. The molecule has 0 spiro atoms. The zero-order chi connectivity index (χ0) is 18.8. The van der Waals surface area contributed by atoms with Crippen molar-refractivity contribution in [1.29, 1.82) is 0 Å². The molecule has 26 heavy (non-hydrogen) atoms. The molecule has 1 amide bonds. The van der Waals surface area contributed by atoms with Crippen molar-refractivity contribution in [2.45, 2.75) is 43.8 Å². The molecule has 0 radical (unpaired) electrons. The Labute approximate surface area is 159 Å². The minimum absolute atomic E-state index is 0.124. The van der Waals surface area contributed by atoms with Gasteiger partial charge >= 0.3 is 0 Å². The zero-order valence-electron chi connectivity index (χ0n) is 14.3. The average molecular weight is 396 g/mol. The molecule has 1 saturated carbocycles. The van der Waals surface area contributed by atoms with Gasteiger partial charge in [0.25, 0.3) is 5.69 Å². The van der Waals surface area contributed by atoms with Crippen LogP contribution < -0.4 is 5.32 Å². The van der Waals surface area contributed by atoms with E-state index in [0.29, 0.717) is 11.7 Å². The Balaban J connectivity index is 1.64. The number of nitrogens with zero attached hydrogens (tertiary/aromatic N) is 4. The number of benzene rings is 1. The molecular weight excluding hydrogens is 378 g/mol. The number of halogens is 1. The zero-order valence-corrected chi connectivity index (χ0v) is 15.9. The molecule has 1 N–H and O–H groups in total. The number of anilines is 1. The first-order valence-electron chi connectivity index (χ1n) is 8.18. The third-order valence-electron chi connectivity index (χ3n) is 3.89. The summed E-state index contributed by atoms with van der Waals surface area (Å²) in [6.07, 6.45) is 2.21. The van der Waals surface area contributed by atoms with Crippen LogP contribution in [0.2, 0.25) is 5.02 Å². The Morgan fingerprint density at radius 1 is 1.46 bits per heavy atom. The highest BCUT2D eigenvalue weighted by Crippen LogP contribution is 2.40. The molecule has 0 saturated heterocycles. The fourth-order valence-electron chi connectivity index (χ4n) is 2.49. The highest BCUT2D eigenvalue weighted by atomic mass is 35.5. The van der Waals surface area contributed by atoms with E-state index in [4.69, 9.17) is 11.6 Å². The number of aromatic nitrogens is 3. The summed E-state index contributed by atoms with van der Waals surface area (Å²) in [5.41, 5.74) is 0.218. The largest absolute Gasteiger partial charge is 0.324 e. The molecule has 138 valence electrons. The molecule has 1 aliphatic carbocycles. The molecule has 2 aromatic rings. The van der Waals surface area contributed by atoms with Gasteiger partial charge in [-0.05, 0) is 18.9 Å². The lowest BCUT2D eigenvalue weighted by atomic mass is 10.2. The van der Waals surface area contributed by atoms with E-state index in [-0.39, 0.29) is 28.3 Å². The van der Waals surface area contributed by atoms with Gasteiger partial charge in [0.15, 0.2) is 5.16 Å². The van der Waals surface area contributed by atoms with E-state index in [2.05, 4.69) is 33.9 Å². The quantitative estimate of drug-likeness (QED) is 0.431. The van der Waals surface area contributed by atoms with Crippen LogP contribution >= 0.6 is 23.4 Å². The highest BCUT2D eigenvalue weighted by Gasteiger charge is 2.30. The average Bonchev–Trinajstić information content (AvgIpc) is 3.33. The van der Waals surface area contributed by atoms with Crippen molar-refractivity contribution in [3.8, 4) is 0 Å². The van der Waals surface area contributed by atoms with E-state index in [1.807, 2.05) is 0 Å². The molecule has 1 aromatic carbocycles. The summed E-state index contributed by atoms with van der Waals surface area (Å²) in [4.78, 5) is 22.4. The predicted molar refractivity (Wildman–Crippen MR) is 99.8 cm³/mol. The summed E-state index contributed by atoms with van der Waals surface area (Å²) in [6, 6.07) is 4.36. The van der Waals surface area contributed by atoms with Crippen molar-refractivity contribution in [1.82, 2.24) is 14.8 Å². The topological polar surface area (TPSA) is 103 Å². The Kier molecular flexibility index (Phi) is 5.47. The molecular formula is C16H18ClN5O3S. The van der Waals surface area contributed by atoms with Crippen molar-refractivity contribution >= 4 is 40.6 Å². The number of carbonyl (C=O) groups excluding carboxylic acids is 1. The van der Waals surface area contributed by atoms with E-state index in [0.717, 1.165) is 23.8 Å². The Bertz CT molecular complexity index is 850. The lowest BCUT2D eigenvalue weighted by molar-refractivity contribution is -0.384. The van der Waals surface area contributed by atoms with Crippen LogP contribution in [0.1, 0.15) is 44.5 Å². The molecule has 3 rings (SSSR count). The van der Waals surface area contributed by atoms with E-state index < -0.39 is 4.92 Å². The molecule has 0 bridgehead atoms. The van der Waals surface area contributed by atoms with Gasteiger partial charge in [-0.1, -0.05) is 37.2 Å². The Morgan fingerprint density at radius 3 is 2.77 bits per heavy atom. The molecule has 10 heteroatoms. The maximum Gasteiger partial charge on any atom is 0.271 e. The number of carbonyl (C=O) groups is 1. The van der Waals surface area contributed by atoms with Gasteiger partial charge in [-0.25, -0.2) is 0 Å². The van der Waals surface area contributed by atoms with Crippen molar-refractivity contribution < 1.29 is 9.72 Å². The van der Waals surface area contributed by atoms with Crippen LogP contribution in [0, 0.1) is 10.1 Å². The molecule has 1 heterocycles. The number of thioether (sulfide) groups is 1. The number of nitro benzene ring substituents is 1. The summed E-state index contributed by atoms with van der Waals surface area (Å²) in [7, 11) is 0. The van der Waals surface area contributed by atoms with Crippen LogP contribution in [0.15, 0.2) is 23.4 Å². The van der Waals surface area contributed by atoms with E-state index in [9.17, 15) is 14.9 Å². The monoisotopic (exact) mass is 395 g/mol. The maximum atomic E-state index is 12.2. The van der Waals surface area contributed by atoms with Crippen LogP contribution in [0.25, 0.3) is 0 Å². The number of amides is 1. The van der Waals surface area contributed by atoms with Gasteiger partial charge in [0.1, 0.15) is 5.82 Å². The molecule has 0 aliphatic heterocycles.